The molecule has 2 rings (SSSR count). The van der Waals surface area contributed by atoms with Crippen LogP contribution in [-0.2, 0) is 13.1 Å². The van der Waals surface area contributed by atoms with Crippen LogP contribution >= 0.6 is 11.6 Å². The molecule has 2 aromatic heterocycles. The van der Waals surface area contributed by atoms with Crippen LogP contribution in [0.15, 0.2) is 4.79 Å². The summed E-state index contributed by atoms with van der Waals surface area (Å²) in [5.74, 6) is 0.586. The van der Waals surface area contributed by atoms with E-state index >= 15 is 0 Å². The Morgan fingerprint density at radius 2 is 2.21 bits per heavy atom. The third-order valence-corrected chi connectivity index (χ3v) is 3.46. The lowest BCUT2D eigenvalue weighted by molar-refractivity contribution is 0.439. The van der Waals surface area contributed by atoms with Crippen molar-refractivity contribution >= 4 is 11.6 Å². The molecule has 0 fully saturated rings. The Bertz CT molecular complexity index is 613. The number of hydrogen-bond donors (Lipinski definition) is 3. The minimum atomic E-state index is -0.296. The van der Waals surface area contributed by atoms with Crippen LogP contribution in [0.1, 0.15) is 24.1 Å². The molecule has 0 bridgehead atoms. The van der Waals surface area contributed by atoms with Crippen LogP contribution < -0.4 is 11.0 Å². The highest BCUT2D eigenvalue weighted by molar-refractivity contribution is 6.31. The summed E-state index contributed by atoms with van der Waals surface area (Å²) in [6.45, 7) is 7.06. The SMILES string of the molecule is Cc1nn(C[C@H](C)NCc2n[nH]c(=O)[nH]2)c(C)c1Cl. The summed E-state index contributed by atoms with van der Waals surface area (Å²) in [7, 11) is 0. The fourth-order valence-electron chi connectivity index (χ4n) is 1.84. The maximum Gasteiger partial charge on any atom is 0.340 e. The average molecular weight is 285 g/mol. The number of H-pyrrole nitrogens is 2. The molecular formula is C11H17ClN6O. The molecule has 0 aliphatic heterocycles. The summed E-state index contributed by atoms with van der Waals surface area (Å²) < 4.78 is 1.88. The molecule has 3 N–H and O–H groups in total. The van der Waals surface area contributed by atoms with Gasteiger partial charge in [-0.2, -0.15) is 10.2 Å². The van der Waals surface area contributed by atoms with E-state index in [1.165, 1.54) is 0 Å². The first kappa shape index (κ1) is 13.8. The van der Waals surface area contributed by atoms with Gasteiger partial charge in [-0.15, -0.1) is 0 Å². The minimum Gasteiger partial charge on any atom is -0.305 e. The number of aromatic amines is 2. The zero-order valence-electron chi connectivity index (χ0n) is 11.1. The van der Waals surface area contributed by atoms with E-state index in [1.807, 2.05) is 25.5 Å². The summed E-state index contributed by atoms with van der Waals surface area (Å²) in [5, 5.41) is 14.5. The summed E-state index contributed by atoms with van der Waals surface area (Å²) in [5.41, 5.74) is 1.50. The van der Waals surface area contributed by atoms with Crippen LogP contribution in [-0.4, -0.2) is 31.0 Å². The molecule has 0 amide bonds. The Kier molecular flexibility index (Phi) is 4.06. The van der Waals surface area contributed by atoms with E-state index in [0.717, 1.165) is 11.4 Å². The molecule has 0 saturated heterocycles. The van der Waals surface area contributed by atoms with Crippen molar-refractivity contribution in [1.29, 1.82) is 0 Å². The number of nitrogens with one attached hydrogen (secondary N) is 3. The van der Waals surface area contributed by atoms with Crippen molar-refractivity contribution in [3.05, 3.63) is 32.7 Å². The molecule has 0 aliphatic rings. The van der Waals surface area contributed by atoms with Crippen LogP contribution in [0.3, 0.4) is 0 Å². The van der Waals surface area contributed by atoms with Crippen LogP contribution in [0.4, 0.5) is 0 Å². The summed E-state index contributed by atoms with van der Waals surface area (Å²) in [4.78, 5) is 13.5. The predicted molar refractivity (Wildman–Crippen MR) is 72.2 cm³/mol. The monoisotopic (exact) mass is 284 g/mol. The standard InChI is InChI=1S/C11H17ClN6O/c1-6(13-4-9-14-11(19)16-15-9)5-18-8(3)10(12)7(2)17-18/h6,13H,4-5H2,1-3H3,(H2,14,15,16,19)/t6-/m0/s1. The van der Waals surface area contributed by atoms with Crippen LogP contribution in [0, 0.1) is 13.8 Å². The van der Waals surface area contributed by atoms with E-state index in [0.29, 0.717) is 23.9 Å². The maximum absolute atomic E-state index is 10.9. The average Bonchev–Trinajstić information content (AvgIpc) is 2.88. The number of aromatic nitrogens is 5. The highest BCUT2D eigenvalue weighted by Gasteiger charge is 2.11. The number of rotatable bonds is 5. The third kappa shape index (κ3) is 3.24. The van der Waals surface area contributed by atoms with Gasteiger partial charge in [-0.05, 0) is 20.8 Å². The second kappa shape index (κ2) is 5.58. The molecule has 8 heteroatoms. The Hall–Kier alpha value is -1.60. The van der Waals surface area contributed by atoms with E-state index in [-0.39, 0.29) is 11.7 Å². The summed E-state index contributed by atoms with van der Waals surface area (Å²) in [6.07, 6.45) is 0. The predicted octanol–water partition coefficient (Wildman–Crippen LogP) is 0.743. The van der Waals surface area contributed by atoms with Crippen LogP contribution in [0.2, 0.25) is 5.02 Å². The van der Waals surface area contributed by atoms with Gasteiger partial charge in [0.1, 0.15) is 5.82 Å². The van der Waals surface area contributed by atoms with E-state index in [1.54, 1.807) is 0 Å². The third-order valence-electron chi connectivity index (χ3n) is 2.91. The second-order valence-corrected chi connectivity index (χ2v) is 4.95. The van der Waals surface area contributed by atoms with Gasteiger partial charge in [-0.3, -0.25) is 9.67 Å². The lowest BCUT2D eigenvalue weighted by atomic mass is 10.3. The van der Waals surface area contributed by atoms with Crippen molar-refractivity contribution in [2.75, 3.05) is 0 Å². The molecule has 0 aromatic carbocycles. The molecule has 19 heavy (non-hydrogen) atoms. The zero-order chi connectivity index (χ0) is 14.0. The maximum atomic E-state index is 10.9. The van der Waals surface area contributed by atoms with E-state index in [4.69, 9.17) is 11.6 Å². The second-order valence-electron chi connectivity index (χ2n) is 4.57. The topological polar surface area (TPSA) is 91.4 Å². The first-order valence-electron chi connectivity index (χ1n) is 6.04. The summed E-state index contributed by atoms with van der Waals surface area (Å²) in [6, 6.07) is 0.175. The van der Waals surface area contributed by atoms with Gasteiger partial charge in [0, 0.05) is 6.04 Å². The van der Waals surface area contributed by atoms with Crippen molar-refractivity contribution in [2.45, 2.75) is 39.9 Å². The van der Waals surface area contributed by atoms with Gasteiger partial charge >= 0.3 is 5.69 Å². The van der Waals surface area contributed by atoms with E-state index in [9.17, 15) is 4.79 Å². The van der Waals surface area contributed by atoms with Gasteiger partial charge in [0.15, 0.2) is 0 Å². The molecule has 2 heterocycles. The number of aryl methyl sites for hydroxylation is 1. The van der Waals surface area contributed by atoms with E-state index < -0.39 is 0 Å². The van der Waals surface area contributed by atoms with Crippen molar-refractivity contribution < 1.29 is 0 Å². The number of hydrogen-bond acceptors (Lipinski definition) is 4. The van der Waals surface area contributed by atoms with Crippen molar-refractivity contribution in [3.8, 4) is 0 Å². The molecule has 104 valence electrons. The van der Waals surface area contributed by atoms with Crippen LogP contribution in [0.25, 0.3) is 0 Å². The summed E-state index contributed by atoms with van der Waals surface area (Å²) >= 11 is 6.10. The normalized spacial score (nSPS) is 12.8. The Balaban J connectivity index is 1.92. The Morgan fingerprint density at radius 3 is 2.74 bits per heavy atom. The molecule has 0 spiro atoms. The zero-order valence-corrected chi connectivity index (χ0v) is 11.9. The lowest BCUT2D eigenvalue weighted by Crippen LogP contribution is -2.31. The smallest absolute Gasteiger partial charge is 0.305 e. The molecular weight excluding hydrogens is 268 g/mol. The number of nitrogens with zero attached hydrogens (tertiary/aromatic N) is 3. The molecule has 2 aromatic rings. The largest absolute Gasteiger partial charge is 0.340 e. The first-order chi connectivity index (χ1) is 8.97. The molecule has 0 saturated carbocycles. The Labute approximate surface area is 115 Å². The van der Waals surface area contributed by atoms with Crippen LogP contribution in [0.5, 0.6) is 0 Å². The van der Waals surface area contributed by atoms with Crippen molar-refractivity contribution in [1.82, 2.24) is 30.3 Å². The van der Waals surface area contributed by atoms with Crippen molar-refractivity contribution in [3.63, 3.8) is 0 Å². The molecule has 0 radical (unpaired) electrons. The molecule has 7 nitrogen and oxygen atoms in total. The molecule has 0 aliphatic carbocycles. The minimum absolute atomic E-state index is 0.175. The van der Waals surface area contributed by atoms with Crippen molar-refractivity contribution in [2.24, 2.45) is 0 Å². The van der Waals surface area contributed by atoms with Gasteiger partial charge in [-0.25, -0.2) is 9.89 Å². The molecule has 0 unspecified atom stereocenters. The fraction of sp³-hybridized carbons (Fsp3) is 0.545. The van der Waals surface area contributed by atoms with Gasteiger partial charge < -0.3 is 5.32 Å². The highest BCUT2D eigenvalue weighted by Crippen LogP contribution is 2.18. The van der Waals surface area contributed by atoms with Gasteiger partial charge in [-0.1, -0.05) is 11.6 Å². The van der Waals surface area contributed by atoms with E-state index in [2.05, 4.69) is 25.6 Å². The quantitative estimate of drug-likeness (QED) is 0.755. The molecule has 1 atom stereocenters. The highest BCUT2D eigenvalue weighted by atomic mass is 35.5. The Morgan fingerprint density at radius 1 is 1.47 bits per heavy atom. The number of halogens is 1. The van der Waals surface area contributed by atoms with Gasteiger partial charge in [0.05, 0.1) is 29.5 Å². The van der Waals surface area contributed by atoms with Gasteiger partial charge in [0.25, 0.3) is 0 Å². The lowest BCUT2D eigenvalue weighted by Gasteiger charge is -2.13. The van der Waals surface area contributed by atoms with Gasteiger partial charge in [0.2, 0.25) is 0 Å². The fourth-order valence-corrected chi connectivity index (χ4v) is 1.97. The first-order valence-corrected chi connectivity index (χ1v) is 6.41.